The Bertz CT molecular complexity index is 921. The highest BCUT2D eigenvalue weighted by molar-refractivity contribution is 9.10. The van der Waals surface area contributed by atoms with Gasteiger partial charge in [0.1, 0.15) is 0 Å². The van der Waals surface area contributed by atoms with Crippen LogP contribution in [-0.4, -0.2) is 4.57 Å². The maximum absolute atomic E-state index is 3.65. The van der Waals surface area contributed by atoms with Crippen LogP contribution in [0.3, 0.4) is 0 Å². The summed E-state index contributed by atoms with van der Waals surface area (Å²) in [6.07, 6.45) is 2.13. The lowest BCUT2D eigenvalue weighted by Gasteiger charge is -2.07. The van der Waals surface area contributed by atoms with Crippen LogP contribution in [0.25, 0.3) is 27.7 Å². The van der Waals surface area contributed by atoms with Gasteiger partial charge in [0.2, 0.25) is 0 Å². The minimum atomic E-state index is 1.12. The molecule has 0 aliphatic rings. The van der Waals surface area contributed by atoms with Gasteiger partial charge in [0.15, 0.2) is 0 Å². The first kappa shape index (κ1) is 13.4. The fourth-order valence-electron chi connectivity index (χ4n) is 2.80. The van der Waals surface area contributed by atoms with E-state index in [4.69, 9.17) is 0 Å². The number of rotatable bonds is 2. The molecule has 0 saturated heterocycles. The van der Waals surface area contributed by atoms with Crippen molar-refractivity contribution >= 4 is 26.8 Å². The van der Waals surface area contributed by atoms with Gasteiger partial charge in [-0.1, -0.05) is 60.7 Å². The fraction of sp³-hybridized carbons (Fsp3) is 0. The molecule has 0 N–H and O–H groups in total. The minimum absolute atomic E-state index is 1.12. The number of halogens is 1. The van der Waals surface area contributed by atoms with E-state index in [1.54, 1.807) is 0 Å². The van der Waals surface area contributed by atoms with Crippen molar-refractivity contribution in [2.24, 2.45) is 0 Å². The van der Waals surface area contributed by atoms with Crippen molar-refractivity contribution in [3.05, 3.63) is 89.5 Å². The predicted octanol–water partition coefficient (Wildman–Crippen LogP) is 6.06. The summed E-state index contributed by atoms with van der Waals surface area (Å²) in [7, 11) is 0. The molecule has 0 aliphatic heterocycles. The molecule has 0 bridgehead atoms. The molecule has 0 radical (unpaired) electrons. The van der Waals surface area contributed by atoms with E-state index in [0.717, 1.165) is 4.47 Å². The van der Waals surface area contributed by atoms with Crippen LogP contribution in [0.15, 0.2) is 89.5 Å². The highest BCUT2D eigenvalue weighted by Crippen LogP contribution is 2.29. The van der Waals surface area contributed by atoms with Crippen LogP contribution >= 0.6 is 15.9 Å². The van der Waals surface area contributed by atoms with E-state index >= 15 is 0 Å². The molecule has 1 heterocycles. The van der Waals surface area contributed by atoms with Crippen LogP contribution in [0, 0.1) is 0 Å². The fourth-order valence-corrected chi connectivity index (χ4v) is 3.34. The first-order valence-corrected chi connectivity index (χ1v) is 8.04. The molecule has 4 aromatic rings. The lowest BCUT2D eigenvalue weighted by molar-refractivity contribution is 1.12. The first-order chi connectivity index (χ1) is 10.8. The molecule has 0 saturated carbocycles. The van der Waals surface area contributed by atoms with Gasteiger partial charge in [-0.15, -0.1) is 0 Å². The summed E-state index contributed by atoms with van der Waals surface area (Å²) >= 11 is 3.65. The van der Waals surface area contributed by atoms with Gasteiger partial charge in [0.05, 0.1) is 5.52 Å². The number of nitrogens with zero attached hydrogens (tertiary/aromatic N) is 1. The van der Waals surface area contributed by atoms with Gasteiger partial charge >= 0.3 is 0 Å². The zero-order valence-corrected chi connectivity index (χ0v) is 13.5. The van der Waals surface area contributed by atoms with Gasteiger partial charge in [0.25, 0.3) is 0 Å². The molecule has 22 heavy (non-hydrogen) atoms. The molecule has 0 fully saturated rings. The molecule has 0 unspecified atom stereocenters. The Morgan fingerprint density at radius 3 is 2.05 bits per heavy atom. The average molecular weight is 348 g/mol. The van der Waals surface area contributed by atoms with E-state index in [0.29, 0.717) is 0 Å². The van der Waals surface area contributed by atoms with Gasteiger partial charge in [-0.25, -0.2) is 0 Å². The molecule has 0 spiro atoms. The van der Waals surface area contributed by atoms with E-state index in [9.17, 15) is 0 Å². The lowest BCUT2D eigenvalue weighted by Crippen LogP contribution is -1.91. The van der Waals surface area contributed by atoms with Crippen LogP contribution in [0.4, 0.5) is 0 Å². The summed E-state index contributed by atoms with van der Waals surface area (Å²) in [4.78, 5) is 0. The number of fused-ring (bicyclic) bond motifs is 1. The van der Waals surface area contributed by atoms with Gasteiger partial charge in [0, 0.05) is 21.7 Å². The number of benzene rings is 3. The highest BCUT2D eigenvalue weighted by Gasteiger charge is 2.07. The molecule has 0 aliphatic carbocycles. The largest absolute Gasteiger partial charge is 0.315 e. The molecular weight excluding hydrogens is 334 g/mol. The summed E-state index contributed by atoms with van der Waals surface area (Å²) in [5.41, 5.74) is 4.86. The summed E-state index contributed by atoms with van der Waals surface area (Å²) in [5.74, 6) is 0. The zero-order valence-electron chi connectivity index (χ0n) is 11.9. The normalized spacial score (nSPS) is 11.0. The number of hydrogen-bond acceptors (Lipinski definition) is 0. The van der Waals surface area contributed by atoms with E-state index in [2.05, 4.69) is 99.5 Å². The lowest BCUT2D eigenvalue weighted by atomic mass is 10.1. The van der Waals surface area contributed by atoms with E-state index < -0.39 is 0 Å². The van der Waals surface area contributed by atoms with Crippen LogP contribution in [0.2, 0.25) is 0 Å². The molecule has 2 heteroatoms. The van der Waals surface area contributed by atoms with Crippen molar-refractivity contribution < 1.29 is 0 Å². The van der Waals surface area contributed by atoms with E-state index in [1.165, 1.54) is 27.7 Å². The SMILES string of the molecule is Brc1cn(-c2ccc(-c3ccccc3)cc2)c2ccccc12. The second-order valence-corrected chi connectivity index (χ2v) is 6.13. The molecule has 0 atom stereocenters. The van der Waals surface area contributed by atoms with Crippen molar-refractivity contribution in [2.45, 2.75) is 0 Å². The smallest absolute Gasteiger partial charge is 0.0540 e. The van der Waals surface area contributed by atoms with E-state index in [1.807, 2.05) is 6.07 Å². The Morgan fingerprint density at radius 1 is 0.636 bits per heavy atom. The molecule has 0 amide bonds. The average Bonchev–Trinajstić information content (AvgIpc) is 2.93. The molecule has 106 valence electrons. The van der Waals surface area contributed by atoms with Crippen molar-refractivity contribution in [3.63, 3.8) is 0 Å². The number of hydrogen-bond donors (Lipinski definition) is 0. The Hall–Kier alpha value is -2.32. The Labute approximate surface area is 138 Å². The standard InChI is InChI=1S/C20H14BrN/c21-19-14-22(20-9-5-4-8-18(19)20)17-12-10-16(11-13-17)15-6-2-1-3-7-15/h1-14H. The Morgan fingerprint density at radius 2 is 1.27 bits per heavy atom. The summed E-state index contributed by atoms with van der Waals surface area (Å²) in [6, 6.07) is 27.6. The number of aromatic nitrogens is 1. The second-order valence-electron chi connectivity index (χ2n) is 5.28. The minimum Gasteiger partial charge on any atom is -0.315 e. The number of para-hydroxylation sites is 1. The van der Waals surface area contributed by atoms with Crippen LogP contribution in [0.1, 0.15) is 0 Å². The monoisotopic (exact) mass is 347 g/mol. The second kappa shape index (κ2) is 5.47. The zero-order chi connectivity index (χ0) is 14.9. The van der Waals surface area contributed by atoms with Gasteiger partial charge in [-0.2, -0.15) is 0 Å². The van der Waals surface area contributed by atoms with Gasteiger partial charge in [-0.3, -0.25) is 0 Å². The summed E-state index contributed by atoms with van der Waals surface area (Å²) in [6.45, 7) is 0. The van der Waals surface area contributed by atoms with Crippen LogP contribution in [0.5, 0.6) is 0 Å². The van der Waals surface area contributed by atoms with Crippen molar-refractivity contribution in [1.29, 1.82) is 0 Å². The topological polar surface area (TPSA) is 4.93 Å². The maximum atomic E-state index is 3.65. The van der Waals surface area contributed by atoms with Crippen LogP contribution in [-0.2, 0) is 0 Å². The third-order valence-electron chi connectivity index (χ3n) is 3.92. The molecule has 1 nitrogen and oxygen atoms in total. The third kappa shape index (κ3) is 2.26. The molecule has 4 rings (SSSR count). The first-order valence-electron chi connectivity index (χ1n) is 7.24. The van der Waals surface area contributed by atoms with E-state index in [-0.39, 0.29) is 0 Å². The Balaban J connectivity index is 1.80. The molecular formula is C20H14BrN. The van der Waals surface area contributed by atoms with Crippen molar-refractivity contribution in [1.82, 2.24) is 4.57 Å². The van der Waals surface area contributed by atoms with Crippen LogP contribution < -0.4 is 0 Å². The Kier molecular flexibility index (Phi) is 3.32. The quantitative estimate of drug-likeness (QED) is 0.415. The molecule has 3 aromatic carbocycles. The summed E-state index contributed by atoms with van der Waals surface area (Å²) in [5, 5.41) is 1.23. The molecule has 1 aromatic heterocycles. The van der Waals surface area contributed by atoms with Gasteiger partial charge in [-0.05, 0) is 45.3 Å². The maximum Gasteiger partial charge on any atom is 0.0540 e. The van der Waals surface area contributed by atoms with Gasteiger partial charge < -0.3 is 4.57 Å². The third-order valence-corrected chi connectivity index (χ3v) is 4.55. The van der Waals surface area contributed by atoms with Crippen molar-refractivity contribution in [3.8, 4) is 16.8 Å². The van der Waals surface area contributed by atoms with Crippen molar-refractivity contribution in [2.75, 3.05) is 0 Å². The highest BCUT2D eigenvalue weighted by atomic mass is 79.9. The predicted molar refractivity (Wildman–Crippen MR) is 96.4 cm³/mol. The summed E-state index contributed by atoms with van der Waals surface area (Å²) < 4.78 is 3.34.